The molecule has 3 heteroatoms. The minimum Gasteiger partial charge on any atom is -0.496 e. The second-order valence-electron chi connectivity index (χ2n) is 5.43. The van der Waals surface area contributed by atoms with Gasteiger partial charge in [0.2, 0.25) is 0 Å². The van der Waals surface area contributed by atoms with Gasteiger partial charge in [-0.05, 0) is 56.6 Å². The smallest absolute Gasteiger partial charge is 0.123 e. The van der Waals surface area contributed by atoms with Gasteiger partial charge in [0.05, 0.1) is 13.2 Å². The predicted molar refractivity (Wildman–Crippen MR) is 89.6 cm³/mol. The van der Waals surface area contributed by atoms with Crippen molar-refractivity contribution in [2.45, 2.75) is 26.8 Å². The number of ether oxygens (including phenoxy) is 1. The Kier molecular flexibility index (Phi) is 4.92. The second kappa shape index (κ2) is 6.50. The van der Waals surface area contributed by atoms with Crippen molar-refractivity contribution in [2.24, 2.45) is 0 Å². The summed E-state index contributed by atoms with van der Waals surface area (Å²) in [6.07, 6.45) is 0. The molecule has 2 aromatic carbocycles. The molecule has 1 unspecified atom stereocenters. The van der Waals surface area contributed by atoms with Crippen molar-refractivity contribution in [3.05, 3.63) is 63.2 Å². The molecule has 0 amide bonds. The van der Waals surface area contributed by atoms with Crippen LogP contribution in [0.1, 0.15) is 33.9 Å². The average Bonchev–Trinajstić information content (AvgIpc) is 2.45. The molecule has 1 N–H and O–H groups in total. The van der Waals surface area contributed by atoms with Crippen LogP contribution in [0, 0.1) is 20.8 Å². The number of hydrogen-bond donors (Lipinski definition) is 1. The average molecular weight is 304 g/mol. The first-order valence-corrected chi connectivity index (χ1v) is 7.44. The molecule has 0 aliphatic carbocycles. The molecule has 0 aliphatic rings. The molecule has 0 fully saturated rings. The van der Waals surface area contributed by atoms with Crippen molar-refractivity contribution < 1.29 is 4.74 Å². The van der Waals surface area contributed by atoms with E-state index in [-0.39, 0.29) is 6.04 Å². The van der Waals surface area contributed by atoms with E-state index >= 15 is 0 Å². The van der Waals surface area contributed by atoms with E-state index in [4.69, 9.17) is 16.3 Å². The normalized spacial score (nSPS) is 12.3. The van der Waals surface area contributed by atoms with Crippen LogP contribution in [0.25, 0.3) is 0 Å². The van der Waals surface area contributed by atoms with E-state index in [1.165, 1.54) is 16.7 Å². The van der Waals surface area contributed by atoms with Crippen LogP contribution >= 0.6 is 11.6 Å². The highest BCUT2D eigenvalue weighted by Gasteiger charge is 2.19. The van der Waals surface area contributed by atoms with Gasteiger partial charge in [0.25, 0.3) is 0 Å². The molecule has 0 radical (unpaired) electrons. The fraction of sp³-hybridized carbons (Fsp3) is 0.333. The van der Waals surface area contributed by atoms with Crippen molar-refractivity contribution in [3.8, 4) is 5.75 Å². The Morgan fingerprint density at radius 3 is 2.33 bits per heavy atom. The highest BCUT2D eigenvalue weighted by Crippen LogP contribution is 2.34. The maximum absolute atomic E-state index is 6.22. The Balaban J connectivity index is 2.59. The lowest BCUT2D eigenvalue weighted by atomic mass is 9.92. The van der Waals surface area contributed by atoms with Gasteiger partial charge in [0, 0.05) is 10.6 Å². The molecule has 112 valence electrons. The number of rotatable bonds is 4. The topological polar surface area (TPSA) is 21.3 Å². The van der Waals surface area contributed by atoms with Crippen LogP contribution in [0.5, 0.6) is 5.75 Å². The minimum absolute atomic E-state index is 0.0795. The third-order valence-electron chi connectivity index (χ3n) is 3.84. The summed E-state index contributed by atoms with van der Waals surface area (Å²) in [5, 5.41) is 4.21. The molecule has 0 heterocycles. The van der Waals surface area contributed by atoms with Gasteiger partial charge in [0.15, 0.2) is 0 Å². The highest BCUT2D eigenvalue weighted by atomic mass is 35.5. The first-order chi connectivity index (χ1) is 9.97. The number of aryl methyl sites for hydroxylation is 3. The van der Waals surface area contributed by atoms with E-state index in [9.17, 15) is 0 Å². The van der Waals surface area contributed by atoms with Crippen molar-refractivity contribution in [3.63, 3.8) is 0 Å². The second-order valence-corrected chi connectivity index (χ2v) is 5.83. The largest absolute Gasteiger partial charge is 0.496 e. The molecule has 0 aromatic heterocycles. The lowest BCUT2D eigenvalue weighted by Gasteiger charge is -2.23. The summed E-state index contributed by atoms with van der Waals surface area (Å²) in [6.45, 7) is 6.22. The van der Waals surface area contributed by atoms with Crippen LogP contribution in [0.15, 0.2) is 30.3 Å². The molecule has 0 saturated heterocycles. The van der Waals surface area contributed by atoms with E-state index in [0.717, 1.165) is 21.9 Å². The summed E-state index contributed by atoms with van der Waals surface area (Å²) >= 11 is 6.22. The summed E-state index contributed by atoms with van der Waals surface area (Å²) in [5.41, 5.74) is 5.85. The van der Waals surface area contributed by atoms with Gasteiger partial charge in [0.1, 0.15) is 5.75 Å². The van der Waals surface area contributed by atoms with E-state index in [1.807, 2.05) is 26.1 Å². The number of hydrogen-bond acceptors (Lipinski definition) is 2. The highest BCUT2D eigenvalue weighted by molar-refractivity contribution is 6.31. The predicted octanol–water partition coefficient (Wildman–Crippen LogP) is 4.58. The van der Waals surface area contributed by atoms with Gasteiger partial charge in [-0.25, -0.2) is 0 Å². The van der Waals surface area contributed by atoms with Gasteiger partial charge in [-0.15, -0.1) is 0 Å². The first kappa shape index (κ1) is 15.9. The zero-order valence-corrected chi connectivity index (χ0v) is 14.0. The molecule has 21 heavy (non-hydrogen) atoms. The molecular formula is C18H22ClNO. The summed E-state index contributed by atoms with van der Waals surface area (Å²) < 4.78 is 5.53. The zero-order valence-electron chi connectivity index (χ0n) is 13.3. The van der Waals surface area contributed by atoms with Crippen LogP contribution in [0.3, 0.4) is 0 Å². The van der Waals surface area contributed by atoms with E-state index < -0.39 is 0 Å². The lowest BCUT2D eigenvalue weighted by Crippen LogP contribution is -2.20. The summed E-state index contributed by atoms with van der Waals surface area (Å²) in [5.74, 6) is 0.895. The fourth-order valence-electron chi connectivity index (χ4n) is 2.67. The third kappa shape index (κ3) is 3.22. The Morgan fingerprint density at radius 1 is 1.00 bits per heavy atom. The maximum atomic E-state index is 6.22. The molecule has 0 aliphatic heterocycles. The van der Waals surface area contributed by atoms with Crippen molar-refractivity contribution in [1.82, 2.24) is 5.32 Å². The first-order valence-electron chi connectivity index (χ1n) is 7.06. The molecule has 2 nitrogen and oxygen atoms in total. The Morgan fingerprint density at radius 2 is 1.71 bits per heavy atom. The molecule has 2 aromatic rings. The Labute approximate surface area is 132 Å². The number of halogens is 1. The molecular weight excluding hydrogens is 282 g/mol. The van der Waals surface area contributed by atoms with E-state index in [2.05, 4.69) is 37.4 Å². The lowest BCUT2D eigenvalue weighted by molar-refractivity contribution is 0.405. The van der Waals surface area contributed by atoms with Crippen LogP contribution in [-0.2, 0) is 0 Å². The molecule has 0 saturated carbocycles. The molecule has 0 bridgehead atoms. The summed E-state index contributed by atoms with van der Waals surface area (Å²) in [4.78, 5) is 0. The number of nitrogens with one attached hydrogen (secondary N) is 1. The minimum atomic E-state index is 0.0795. The molecule has 0 spiro atoms. The van der Waals surface area contributed by atoms with Crippen LogP contribution in [0.2, 0.25) is 5.02 Å². The van der Waals surface area contributed by atoms with Crippen molar-refractivity contribution in [2.75, 3.05) is 14.2 Å². The quantitative estimate of drug-likeness (QED) is 0.892. The third-order valence-corrected chi connectivity index (χ3v) is 4.25. The van der Waals surface area contributed by atoms with Gasteiger partial charge in [-0.3, -0.25) is 0 Å². The molecule has 1 atom stereocenters. The van der Waals surface area contributed by atoms with Crippen LogP contribution < -0.4 is 10.1 Å². The van der Waals surface area contributed by atoms with E-state index in [1.54, 1.807) is 7.11 Å². The summed E-state index contributed by atoms with van der Waals surface area (Å²) in [7, 11) is 3.68. The number of benzene rings is 2. The van der Waals surface area contributed by atoms with Crippen molar-refractivity contribution in [1.29, 1.82) is 0 Å². The standard InChI is InChI=1S/C18H22ClNO/c1-11-6-7-17(21-5)15(8-11)18(20-4)14-9-13(3)16(19)10-12(14)2/h6-10,18,20H,1-5H3. The van der Waals surface area contributed by atoms with Gasteiger partial charge < -0.3 is 10.1 Å². The number of methoxy groups -OCH3 is 1. The van der Waals surface area contributed by atoms with Gasteiger partial charge >= 0.3 is 0 Å². The molecule has 2 rings (SSSR count). The zero-order chi connectivity index (χ0) is 15.6. The fourth-order valence-corrected chi connectivity index (χ4v) is 2.89. The van der Waals surface area contributed by atoms with E-state index in [0.29, 0.717) is 0 Å². The SMILES string of the molecule is CNC(c1cc(C)c(Cl)cc1C)c1cc(C)ccc1OC. The van der Waals surface area contributed by atoms with Gasteiger partial charge in [-0.2, -0.15) is 0 Å². The Bertz CT molecular complexity index is 652. The van der Waals surface area contributed by atoms with Crippen molar-refractivity contribution >= 4 is 11.6 Å². The maximum Gasteiger partial charge on any atom is 0.123 e. The Hall–Kier alpha value is -1.51. The van der Waals surface area contributed by atoms with Gasteiger partial charge in [-0.1, -0.05) is 35.4 Å². The van der Waals surface area contributed by atoms with Crippen LogP contribution in [-0.4, -0.2) is 14.2 Å². The van der Waals surface area contributed by atoms with Crippen LogP contribution in [0.4, 0.5) is 0 Å². The monoisotopic (exact) mass is 303 g/mol. The summed E-state index contributed by atoms with van der Waals surface area (Å²) in [6, 6.07) is 10.5.